The van der Waals surface area contributed by atoms with Crippen molar-refractivity contribution in [1.82, 2.24) is 9.88 Å². The average Bonchev–Trinajstić information content (AvgIpc) is 3.16. The minimum absolute atomic E-state index is 0.00301. The Morgan fingerprint density at radius 1 is 1.28 bits per heavy atom. The summed E-state index contributed by atoms with van der Waals surface area (Å²) in [6.07, 6.45) is 4.17. The summed E-state index contributed by atoms with van der Waals surface area (Å²) in [6.45, 7) is 7.49. The topological polar surface area (TPSA) is 83.3 Å². The second kappa shape index (κ2) is 9.26. The molecule has 3 fully saturated rings. The van der Waals surface area contributed by atoms with Crippen LogP contribution < -0.4 is 0 Å². The first-order valence-corrected chi connectivity index (χ1v) is 13.6. The van der Waals surface area contributed by atoms with Gasteiger partial charge in [0.05, 0.1) is 27.9 Å². The number of amides is 1. The Morgan fingerprint density at radius 2 is 2.06 bits per heavy atom. The van der Waals surface area contributed by atoms with E-state index in [4.69, 9.17) is 4.74 Å². The monoisotopic (exact) mass is 509 g/mol. The predicted octanol–water partition coefficient (Wildman–Crippen LogP) is 5.80. The maximum absolute atomic E-state index is 15.0. The molecule has 1 aromatic heterocycles. The van der Waals surface area contributed by atoms with Crippen molar-refractivity contribution < 1.29 is 18.7 Å². The number of ketones is 1. The summed E-state index contributed by atoms with van der Waals surface area (Å²) in [5, 5.41) is 10.8. The Balaban J connectivity index is 1.28. The summed E-state index contributed by atoms with van der Waals surface area (Å²) in [4.78, 5) is 33.4. The molecular formula is C28H32FN3O3S. The summed E-state index contributed by atoms with van der Waals surface area (Å²) in [5.41, 5.74) is 0.524. The zero-order valence-corrected chi connectivity index (χ0v) is 22.0. The number of benzene rings is 1. The van der Waals surface area contributed by atoms with E-state index in [1.165, 1.54) is 17.4 Å². The first-order chi connectivity index (χ1) is 17.1. The van der Waals surface area contributed by atoms with E-state index in [0.29, 0.717) is 17.4 Å². The number of rotatable bonds is 7. The lowest BCUT2D eigenvalue weighted by Gasteiger charge is -2.35. The summed E-state index contributed by atoms with van der Waals surface area (Å²) in [7, 11) is 0. The van der Waals surface area contributed by atoms with Crippen LogP contribution in [0.1, 0.15) is 57.5 Å². The third kappa shape index (κ3) is 4.66. The highest BCUT2D eigenvalue weighted by Gasteiger charge is 2.67. The largest absolute Gasteiger partial charge is 0.444 e. The van der Waals surface area contributed by atoms with Crippen molar-refractivity contribution in [2.75, 3.05) is 0 Å². The van der Waals surface area contributed by atoms with Crippen molar-refractivity contribution in [2.24, 2.45) is 23.7 Å². The lowest BCUT2D eigenvalue weighted by Crippen LogP contribution is -2.51. The molecule has 6 nitrogen and oxygen atoms in total. The van der Waals surface area contributed by atoms with Crippen LogP contribution in [0, 0.1) is 40.8 Å². The molecule has 190 valence electrons. The smallest absolute Gasteiger partial charge is 0.411 e. The van der Waals surface area contributed by atoms with E-state index in [1.807, 2.05) is 33.8 Å². The Morgan fingerprint density at radius 3 is 2.69 bits per heavy atom. The summed E-state index contributed by atoms with van der Waals surface area (Å²) >= 11 is 1.54. The molecule has 2 aromatic rings. The number of thiazole rings is 1. The van der Waals surface area contributed by atoms with E-state index in [9.17, 15) is 19.2 Å². The summed E-state index contributed by atoms with van der Waals surface area (Å²) in [6, 6.07) is 6.73. The van der Waals surface area contributed by atoms with Crippen LogP contribution in [0.25, 0.3) is 10.4 Å². The quantitative estimate of drug-likeness (QED) is 0.471. The number of aryl methyl sites for hydroxylation is 1. The normalized spacial score (nSPS) is 26.9. The third-order valence-corrected chi connectivity index (χ3v) is 8.93. The maximum Gasteiger partial charge on any atom is 0.411 e. The number of Topliss-reactive ketones (excluding diaryl/α,β-unsaturated/α-hetero) is 1. The third-order valence-electron chi connectivity index (χ3n) is 7.74. The summed E-state index contributed by atoms with van der Waals surface area (Å²) < 4.78 is 20.6. The van der Waals surface area contributed by atoms with Crippen LogP contribution in [0.5, 0.6) is 0 Å². The van der Waals surface area contributed by atoms with E-state index in [0.717, 1.165) is 34.7 Å². The van der Waals surface area contributed by atoms with Crippen LogP contribution in [0.15, 0.2) is 24.4 Å². The number of nitrogens with zero attached hydrogens (tertiary/aromatic N) is 3. The van der Waals surface area contributed by atoms with Crippen LogP contribution >= 0.6 is 11.3 Å². The zero-order chi connectivity index (χ0) is 25.8. The molecule has 0 unspecified atom stereocenters. The number of hydrogen-bond acceptors (Lipinski definition) is 6. The number of hydrogen-bond donors (Lipinski definition) is 0. The fraction of sp³-hybridized carbons (Fsp3) is 0.571. The van der Waals surface area contributed by atoms with Gasteiger partial charge in [0.2, 0.25) is 0 Å². The van der Waals surface area contributed by atoms with Gasteiger partial charge in [-0.2, -0.15) is 5.26 Å². The van der Waals surface area contributed by atoms with E-state index in [-0.39, 0.29) is 36.4 Å². The number of piperidine rings is 1. The SMILES string of the molecule is CCc1ncc(-c2ccc(C[C@@H](C#N)CC(=O)[C@@H]3[C@@H]4C[C@@H]([C@H]5C[C@@H]45)N3C(=O)OC(C)(C)C)c(F)c2)s1. The Bertz CT molecular complexity index is 1230. The van der Waals surface area contributed by atoms with Crippen molar-refractivity contribution in [2.45, 2.75) is 77.5 Å². The van der Waals surface area contributed by atoms with Crippen LogP contribution in [0.3, 0.4) is 0 Å². The number of carbonyl (C=O) groups is 2. The van der Waals surface area contributed by atoms with Crippen LogP contribution in [-0.2, 0) is 22.4 Å². The minimum Gasteiger partial charge on any atom is -0.444 e. The Hall–Kier alpha value is -2.79. The highest BCUT2D eigenvalue weighted by atomic mass is 32.1. The van der Waals surface area contributed by atoms with Crippen molar-refractivity contribution >= 4 is 23.2 Å². The van der Waals surface area contributed by atoms with Crippen molar-refractivity contribution in [1.29, 1.82) is 5.26 Å². The molecule has 0 N–H and O–H groups in total. The molecule has 1 aliphatic heterocycles. The average molecular weight is 510 g/mol. The molecular weight excluding hydrogens is 477 g/mol. The molecule has 36 heavy (non-hydrogen) atoms. The molecule has 2 heterocycles. The zero-order valence-electron chi connectivity index (χ0n) is 21.2. The standard InChI is InChI=1S/C28H32FN3O3S/c1-5-25-31-14-24(36-25)17-7-6-16(21(29)10-17)8-15(13-30)9-23(33)26-20-12-22(19-11-18(19)20)32(26)27(34)35-28(2,3)4/h6-7,10,14-15,18-20,22,26H,5,8-9,11-12H2,1-4H3/t15-,18-,19+,20-,22+,26+/m1/s1. The second-order valence-electron chi connectivity index (χ2n) is 11.3. The van der Waals surface area contributed by atoms with Gasteiger partial charge in [-0.15, -0.1) is 11.3 Å². The first-order valence-electron chi connectivity index (χ1n) is 12.8. The summed E-state index contributed by atoms with van der Waals surface area (Å²) in [5.74, 6) is -0.0572. The number of likely N-dealkylation sites (tertiary alicyclic amines) is 1. The fourth-order valence-electron chi connectivity index (χ4n) is 6.12. The molecule has 1 aromatic carbocycles. The second-order valence-corrected chi connectivity index (χ2v) is 12.5. The lowest BCUT2D eigenvalue weighted by atomic mass is 9.87. The number of carbonyl (C=O) groups excluding carboxylic acids is 2. The molecule has 2 saturated carbocycles. The van der Waals surface area contributed by atoms with E-state index in [2.05, 4.69) is 11.1 Å². The van der Waals surface area contributed by atoms with Gasteiger partial charge in [-0.1, -0.05) is 19.1 Å². The number of fused-ring (bicyclic) bond motifs is 5. The van der Waals surface area contributed by atoms with Crippen LogP contribution in [-0.4, -0.2) is 39.4 Å². The molecule has 2 bridgehead atoms. The molecule has 8 heteroatoms. The van der Waals surface area contributed by atoms with Gasteiger partial charge in [0, 0.05) is 18.7 Å². The van der Waals surface area contributed by atoms with Crippen molar-refractivity contribution in [3.05, 3.63) is 40.8 Å². The number of halogens is 1. The van der Waals surface area contributed by atoms with Gasteiger partial charge in [0.25, 0.3) is 0 Å². The van der Waals surface area contributed by atoms with Gasteiger partial charge in [-0.25, -0.2) is 14.2 Å². The van der Waals surface area contributed by atoms with E-state index < -0.39 is 23.7 Å². The van der Waals surface area contributed by atoms with Gasteiger partial charge in [-0.3, -0.25) is 9.69 Å². The molecule has 5 rings (SSSR count). The number of nitriles is 1. The van der Waals surface area contributed by atoms with E-state index in [1.54, 1.807) is 17.2 Å². The molecule has 1 saturated heterocycles. The Kier molecular flexibility index (Phi) is 6.40. The predicted molar refractivity (Wildman–Crippen MR) is 135 cm³/mol. The van der Waals surface area contributed by atoms with Gasteiger partial charge in [-0.05, 0) is 81.4 Å². The molecule has 0 radical (unpaired) electrons. The van der Waals surface area contributed by atoms with Gasteiger partial charge in [0.15, 0.2) is 5.78 Å². The molecule has 3 aliphatic rings. The van der Waals surface area contributed by atoms with Gasteiger partial charge < -0.3 is 4.74 Å². The lowest BCUT2D eigenvalue weighted by molar-refractivity contribution is -0.126. The van der Waals surface area contributed by atoms with Gasteiger partial charge in [0.1, 0.15) is 11.4 Å². The maximum atomic E-state index is 15.0. The van der Waals surface area contributed by atoms with Crippen LogP contribution in [0.2, 0.25) is 0 Å². The minimum atomic E-state index is -0.664. The first kappa shape index (κ1) is 24.9. The molecule has 2 aliphatic carbocycles. The molecule has 0 spiro atoms. The van der Waals surface area contributed by atoms with Crippen molar-refractivity contribution in [3.63, 3.8) is 0 Å². The fourth-order valence-corrected chi connectivity index (χ4v) is 6.97. The highest BCUT2D eigenvalue weighted by Crippen LogP contribution is 2.63. The number of aromatic nitrogens is 1. The van der Waals surface area contributed by atoms with Gasteiger partial charge >= 0.3 is 6.09 Å². The van der Waals surface area contributed by atoms with E-state index >= 15 is 0 Å². The highest BCUT2D eigenvalue weighted by molar-refractivity contribution is 7.15. The Labute approximate surface area is 215 Å². The molecule has 1 amide bonds. The van der Waals surface area contributed by atoms with Crippen LogP contribution in [0.4, 0.5) is 9.18 Å². The molecule has 6 atom stereocenters. The van der Waals surface area contributed by atoms with Crippen molar-refractivity contribution in [3.8, 4) is 16.5 Å². The number of ether oxygens (including phenoxy) is 1.